The monoisotopic (exact) mass is 383 g/mol. The molecule has 4 N–H and O–H groups in total. The zero-order valence-electron chi connectivity index (χ0n) is 16.1. The first-order valence-corrected chi connectivity index (χ1v) is 10.2. The number of carboxylic acid groups (broad SMARTS) is 1. The Labute approximate surface area is 160 Å². The fraction of sp³-hybridized carbons (Fsp3) is 0.842. The molecule has 0 aromatic carbocycles. The molecule has 27 heavy (non-hydrogen) atoms. The molecule has 2 fully saturated rings. The molecule has 0 aromatic heterocycles. The Kier molecular flexibility index (Phi) is 8.84. The van der Waals surface area contributed by atoms with Crippen molar-refractivity contribution in [1.82, 2.24) is 16.0 Å². The standard InChI is InChI=1S/C19H33N3O5/c23-16(22-19(17(24)25)10-13-27-14-11-19)9-5-2-6-12-20-18(26)21-15-7-3-1-4-8-15/h15H,1-14H2,(H,22,23)(H,24,25)(H2,20,21,26). The lowest BCUT2D eigenvalue weighted by Crippen LogP contribution is -2.57. The maximum absolute atomic E-state index is 12.1. The van der Waals surface area contributed by atoms with E-state index >= 15 is 0 Å². The molecule has 1 saturated carbocycles. The van der Waals surface area contributed by atoms with Crippen LogP contribution in [0.2, 0.25) is 0 Å². The van der Waals surface area contributed by atoms with Gasteiger partial charge in [0.25, 0.3) is 0 Å². The Morgan fingerprint density at radius 2 is 1.70 bits per heavy atom. The molecule has 1 heterocycles. The van der Waals surface area contributed by atoms with Crippen molar-refractivity contribution in [3.8, 4) is 0 Å². The Balaban J connectivity index is 1.53. The van der Waals surface area contributed by atoms with Gasteiger partial charge in [0.1, 0.15) is 5.54 Å². The van der Waals surface area contributed by atoms with Gasteiger partial charge in [0, 0.05) is 45.1 Å². The summed E-state index contributed by atoms with van der Waals surface area (Å²) in [4.78, 5) is 35.4. The number of hydrogen-bond acceptors (Lipinski definition) is 4. The van der Waals surface area contributed by atoms with E-state index in [0.29, 0.717) is 51.5 Å². The van der Waals surface area contributed by atoms with Gasteiger partial charge in [-0.15, -0.1) is 0 Å². The van der Waals surface area contributed by atoms with E-state index in [1.807, 2.05) is 0 Å². The van der Waals surface area contributed by atoms with Crippen LogP contribution in [0, 0.1) is 0 Å². The second-order valence-electron chi connectivity index (χ2n) is 7.59. The highest BCUT2D eigenvalue weighted by molar-refractivity contribution is 5.87. The molecule has 8 nitrogen and oxygen atoms in total. The molecule has 0 atom stereocenters. The van der Waals surface area contributed by atoms with Crippen LogP contribution in [0.3, 0.4) is 0 Å². The smallest absolute Gasteiger partial charge is 0.329 e. The van der Waals surface area contributed by atoms with Crippen molar-refractivity contribution in [2.24, 2.45) is 0 Å². The molecule has 2 aliphatic rings. The number of unbranched alkanes of at least 4 members (excludes halogenated alkanes) is 2. The molecule has 0 unspecified atom stereocenters. The summed E-state index contributed by atoms with van der Waals surface area (Å²) in [6, 6.07) is 0.191. The third kappa shape index (κ3) is 7.36. The Morgan fingerprint density at radius 1 is 1.00 bits per heavy atom. The van der Waals surface area contributed by atoms with Gasteiger partial charge in [0.2, 0.25) is 5.91 Å². The summed E-state index contributed by atoms with van der Waals surface area (Å²) in [7, 11) is 0. The molecular formula is C19H33N3O5. The summed E-state index contributed by atoms with van der Waals surface area (Å²) in [5, 5.41) is 18.0. The number of amides is 3. The van der Waals surface area contributed by atoms with Crippen molar-refractivity contribution in [3.05, 3.63) is 0 Å². The van der Waals surface area contributed by atoms with Crippen LogP contribution >= 0.6 is 0 Å². The van der Waals surface area contributed by atoms with Gasteiger partial charge in [-0.05, 0) is 25.7 Å². The van der Waals surface area contributed by atoms with Crippen LogP contribution in [-0.2, 0) is 14.3 Å². The summed E-state index contributed by atoms with van der Waals surface area (Å²) in [5.41, 5.74) is -1.19. The highest BCUT2D eigenvalue weighted by atomic mass is 16.5. The van der Waals surface area contributed by atoms with Crippen LogP contribution in [0.25, 0.3) is 0 Å². The molecule has 1 aliphatic carbocycles. The number of rotatable bonds is 9. The van der Waals surface area contributed by atoms with E-state index in [9.17, 15) is 19.5 Å². The van der Waals surface area contributed by atoms with E-state index in [4.69, 9.17) is 4.74 Å². The average Bonchev–Trinajstić information content (AvgIpc) is 2.66. The zero-order chi connectivity index (χ0) is 19.5. The third-order valence-electron chi connectivity index (χ3n) is 5.44. The van der Waals surface area contributed by atoms with Gasteiger partial charge in [-0.25, -0.2) is 9.59 Å². The number of nitrogens with one attached hydrogen (secondary N) is 3. The molecule has 0 radical (unpaired) electrons. The summed E-state index contributed by atoms with van der Waals surface area (Å²) >= 11 is 0. The largest absolute Gasteiger partial charge is 0.480 e. The summed E-state index contributed by atoms with van der Waals surface area (Å²) in [6.07, 6.45) is 8.92. The fourth-order valence-corrected chi connectivity index (χ4v) is 3.71. The van der Waals surface area contributed by atoms with E-state index in [2.05, 4.69) is 16.0 Å². The number of carboxylic acids is 1. The molecule has 0 bridgehead atoms. The third-order valence-corrected chi connectivity index (χ3v) is 5.44. The van der Waals surface area contributed by atoms with Gasteiger partial charge in [-0.1, -0.05) is 25.7 Å². The van der Waals surface area contributed by atoms with Crippen molar-refractivity contribution < 1.29 is 24.2 Å². The fourth-order valence-electron chi connectivity index (χ4n) is 3.71. The van der Waals surface area contributed by atoms with Gasteiger partial charge in [0.15, 0.2) is 0 Å². The predicted molar refractivity (Wildman–Crippen MR) is 100 cm³/mol. The van der Waals surface area contributed by atoms with E-state index in [0.717, 1.165) is 25.7 Å². The van der Waals surface area contributed by atoms with Gasteiger partial charge >= 0.3 is 12.0 Å². The SMILES string of the molecule is O=C(CCCCCNC(=O)NC1CCCCC1)NC1(C(=O)O)CCOCC1. The van der Waals surface area contributed by atoms with Gasteiger partial charge in [-0.2, -0.15) is 0 Å². The number of carbonyl (C=O) groups is 3. The van der Waals surface area contributed by atoms with Crippen LogP contribution in [0.1, 0.15) is 70.6 Å². The zero-order valence-corrected chi connectivity index (χ0v) is 16.1. The van der Waals surface area contributed by atoms with E-state index in [-0.39, 0.29) is 11.9 Å². The molecule has 154 valence electrons. The minimum absolute atomic E-state index is 0.109. The number of carbonyl (C=O) groups excluding carboxylic acids is 2. The molecule has 3 amide bonds. The Bertz CT molecular complexity index is 500. The summed E-state index contributed by atoms with van der Waals surface area (Å²) < 4.78 is 5.19. The van der Waals surface area contributed by atoms with Gasteiger partial charge in [0.05, 0.1) is 0 Å². The highest BCUT2D eigenvalue weighted by Gasteiger charge is 2.41. The van der Waals surface area contributed by atoms with Gasteiger partial charge in [-0.3, -0.25) is 4.79 Å². The summed E-state index contributed by atoms with van der Waals surface area (Å²) in [6.45, 7) is 1.28. The van der Waals surface area contributed by atoms with Crippen molar-refractivity contribution in [3.63, 3.8) is 0 Å². The number of aliphatic carboxylic acids is 1. The lowest BCUT2D eigenvalue weighted by molar-refractivity contribution is -0.152. The lowest BCUT2D eigenvalue weighted by atomic mass is 9.90. The second kappa shape index (κ2) is 11.1. The first-order valence-electron chi connectivity index (χ1n) is 10.2. The average molecular weight is 383 g/mol. The van der Waals surface area contributed by atoms with Crippen LogP contribution in [0.15, 0.2) is 0 Å². The Morgan fingerprint density at radius 3 is 2.37 bits per heavy atom. The minimum atomic E-state index is -1.19. The van der Waals surface area contributed by atoms with Crippen LogP contribution in [0.4, 0.5) is 4.79 Å². The lowest BCUT2D eigenvalue weighted by Gasteiger charge is -2.33. The molecule has 8 heteroatoms. The summed E-state index contributed by atoms with van der Waals surface area (Å²) in [5.74, 6) is -1.23. The van der Waals surface area contributed by atoms with E-state index < -0.39 is 11.5 Å². The predicted octanol–water partition coefficient (Wildman–Crippen LogP) is 1.93. The molecule has 1 aliphatic heterocycles. The quantitative estimate of drug-likeness (QED) is 0.454. The number of ether oxygens (including phenoxy) is 1. The molecule has 0 spiro atoms. The van der Waals surface area contributed by atoms with Crippen LogP contribution in [0.5, 0.6) is 0 Å². The molecular weight excluding hydrogens is 350 g/mol. The second-order valence-corrected chi connectivity index (χ2v) is 7.59. The van der Waals surface area contributed by atoms with E-state index in [1.165, 1.54) is 19.3 Å². The van der Waals surface area contributed by atoms with Crippen LogP contribution < -0.4 is 16.0 Å². The molecule has 2 rings (SSSR count). The highest BCUT2D eigenvalue weighted by Crippen LogP contribution is 2.21. The first-order chi connectivity index (χ1) is 13.0. The van der Waals surface area contributed by atoms with Gasteiger partial charge < -0.3 is 25.8 Å². The molecule has 0 aromatic rings. The van der Waals surface area contributed by atoms with Crippen molar-refractivity contribution in [1.29, 1.82) is 0 Å². The minimum Gasteiger partial charge on any atom is -0.480 e. The Hall–Kier alpha value is -1.83. The van der Waals surface area contributed by atoms with E-state index in [1.54, 1.807) is 0 Å². The maximum Gasteiger partial charge on any atom is 0.329 e. The first kappa shape index (κ1) is 21.5. The number of hydrogen-bond donors (Lipinski definition) is 4. The maximum atomic E-state index is 12.1. The topological polar surface area (TPSA) is 117 Å². The van der Waals surface area contributed by atoms with Crippen molar-refractivity contribution >= 4 is 17.9 Å². The van der Waals surface area contributed by atoms with Crippen molar-refractivity contribution in [2.45, 2.75) is 82.2 Å². The normalized spacial score (nSPS) is 19.9. The van der Waals surface area contributed by atoms with Crippen LogP contribution in [-0.4, -0.2) is 54.4 Å². The molecule has 1 saturated heterocycles. The number of urea groups is 1. The van der Waals surface area contributed by atoms with Crippen molar-refractivity contribution in [2.75, 3.05) is 19.8 Å².